The van der Waals surface area contributed by atoms with E-state index in [-0.39, 0.29) is 5.78 Å². The molecule has 1 heterocycles. The van der Waals surface area contributed by atoms with E-state index in [1.54, 1.807) is 25.6 Å². The maximum Gasteiger partial charge on any atom is 0.205 e. The van der Waals surface area contributed by atoms with Gasteiger partial charge >= 0.3 is 0 Å². The highest BCUT2D eigenvalue weighted by Gasteiger charge is 2.27. The number of aromatic nitrogens is 2. The number of aryl methyl sites for hydroxylation is 1. The first-order valence-corrected chi connectivity index (χ1v) is 6.84. The Labute approximate surface area is 121 Å². The van der Waals surface area contributed by atoms with Gasteiger partial charge in [-0.1, -0.05) is 6.92 Å². The van der Waals surface area contributed by atoms with Gasteiger partial charge in [0.2, 0.25) is 5.78 Å². The first kappa shape index (κ1) is 16.4. The zero-order valence-corrected chi connectivity index (χ0v) is 13.3. The highest BCUT2D eigenvalue weighted by molar-refractivity contribution is 6.03. The SMILES string of the molecule is CCCc1ncc(C(=O)C=CN(C)C)n1C(C)(C)OC. The van der Waals surface area contributed by atoms with Crippen LogP contribution in [-0.4, -0.2) is 41.4 Å². The molecule has 5 heteroatoms. The minimum Gasteiger partial charge on any atom is -0.383 e. The van der Waals surface area contributed by atoms with E-state index in [0.29, 0.717) is 5.69 Å². The van der Waals surface area contributed by atoms with Gasteiger partial charge in [0.1, 0.15) is 17.2 Å². The molecule has 0 spiro atoms. The number of allylic oxidation sites excluding steroid dienone is 1. The lowest BCUT2D eigenvalue weighted by Crippen LogP contribution is -2.32. The molecule has 0 aliphatic carbocycles. The van der Waals surface area contributed by atoms with Crippen LogP contribution in [0.25, 0.3) is 0 Å². The van der Waals surface area contributed by atoms with Gasteiger partial charge in [0.05, 0.1) is 6.20 Å². The Morgan fingerprint density at radius 2 is 2.15 bits per heavy atom. The molecular weight excluding hydrogens is 254 g/mol. The minimum absolute atomic E-state index is 0.0707. The second kappa shape index (κ2) is 6.70. The molecule has 0 amide bonds. The van der Waals surface area contributed by atoms with Crippen LogP contribution in [0.5, 0.6) is 0 Å². The van der Waals surface area contributed by atoms with Crippen molar-refractivity contribution in [1.29, 1.82) is 0 Å². The molecule has 1 aromatic heterocycles. The number of rotatable bonds is 7. The lowest BCUT2D eigenvalue weighted by Gasteiger charge is -2.28. The standard InChI is InChI=1S/C15H25N3O2/c1-7-8-14-16-11-12(13(19)9-10-17(4)5)18(14)15(2,3)20-6/h9-11H,7-8H2,1-6H3. The third-order valence-electron chi connectivity index (χ3n) is 3.12. The Morgan fingerprint density at radius 3 is 2.65 bits per heavy atom. The zero-order chi connectivity index (χ0) is 15.3. The minimum atomic E-state index is -0.599. The smallest absolute Gasteiger partial charge is 0.205 e. The fraction of sp³-hybridized carbons (Fsp3) is 0.600. The number of ketones is 1. The highest BCUT2D eigenvalue weighted by atomic mass is 16.5. The van der Waals surface area contributed by atoms with Gasteiger partial charge in [-0.2, -0.15) is 0 Å². The van der Waals surface area contributed by atoms with Gasteiger partial charge in [0.25, 0.3) is 0 Å². The molecule has 0 aliphatic rings. The van der Waals surface area contributed by atoms with Crippen molar-refractivity contribution in [1.82, 2.24) is 14.5 Å². The van der Waals surface area contributed by atoms with Crippen LogP contribution < -0.4 is 0 Å². The molecule has 20 heavy (non-hydrogen) atoms. The molecule has 0 fully saturated rings. The van der Waals surface area contributed by atoms with Crippen molar-refractivity contribution >= 4 is 5.78 Å². The first-order valence-electron chi connectivity index (χ1n) is 6.84. The highest BCUT2D eigenvalue weighted by Crippen LogP contribution is 2.23. The van der Waals surface area contributed by atoms with Crippen molar-refractivity contribution in [2.75, 3.05) is 21.2 Å². The van der Waals surface area contributed by atoms with Gasteiger partial charge < -0.3 is 9.64 Å². The molecule has 0 bridgehead atoms. The Kier molecular flexibility index (Phi) is 5.51. The van der Waals surface area contributed by atoms with E-state index in [9.17, 15) is 4.79 Å². The number of nitrogens with zero attached hydrogens (tertiary/aromatic N) is 3. The Morgan fingerprint density at radius 1 is 1.50 bits per heavy atom. The predicted octanol–water partition coefficient (Wildman–Crippen LogP) is 2.43. The van der Waals surface area contributed by atoms with Gasteiger partial charge in [0.15, 0.2) is 0 Å². The third kappa shape index (κ3) is 3.70. The molecule has 0 atom stereocenters. The molecule has 0 aliphatic heterocycles. The summed E-state index contributed by atoms with van der Waals surface area (Å²) >= 11 is 0. The van der Waals surface area contributed by atoms with Gasteiger partial charge in [0, 0.05) is 39.9 Å². The topological polar surface area (TPSA) is 47.4 Å². The van der Waals surface area contributed by atoms with Gasteiger partial charge in [-0.05, 0) is 20.3 Å². The number of hydrogen-bond donors (Lipinski definition) is 0. The largest absolute Gasteiger partial charge is 0.383 e. The lowest BCUT2D eigenvalue weighted by atomic mass is 10.2. The second-order valence-corrected chi connectivity index (χ2v) is 5.44. The quantitative estimate of drug-likeness (QED) is 0.568. The van der Waals surface area contributed by atoms with E-state index in [1.807, 2.05) is 37.4 Å². The van der Waals surface area contributed by atoms with Crippen LogP contribution in [0.15, 0.2) is 18.5 Å². The van der Waals surface area contributed by atoms with E-state index in [1.165, 1.54) is 0 Å². The van der Waals surface area contributed by atoms with Gasteiger partial charge in [-0.25, -0.2) is 4.98 Å². The molecule has 0 unspecified atom stereocenters. The van der Waals surface area contributed by atoms with Crippen LogP contribution >= 0.6 is 0 Å². The summed E-state index contributed by atoms with van der Waals surface area (Å²) in [6.45, 7) is 5.95. The molecule has 5 nitrogen and oxygen atoms in total. The molecule has 0 N–H and O–H groups in total. The summed E-state index contributed by atoms with van der Waals surface area (Å²) in [4.78, 5) is 18.5. The van der Waals surface area contributed by atoms with E-state index < -0.39 is 5.72 Å². The van der Waals surface area contributed by atoms with Crippen molar-refractivity contribution in [2.24, 2.45) is 0 Å². The maximum absolute atomic E-state index is 12.3. The molecule has 0 radical (unpaired) electrons. The van der Waals surface area contributed by atoms with E-state index in [2.05, 4.69) is 11.9 Å². The Hall–Kier alpha value is -1.62. The predicted molar refractivity (Wildman–Crippen MR) is 79.7 cm³/mol. The number of carbonyl (C=O) groups excluding carboxylic acids is 1. The zero-order valence-electron chi connectivity index (χ0n) is 13.3. The van der Waals surface area contributed by atoms with Crippen LogP contribution in [0.1, 0.15) is 43.5 Å². The molecule has 112 valence electrons. The van der Waals surface area contributed by atoms with Gasteiger partial charge in [-0.15, -0.1) is 0 Å². The van der Waals surface area contributed by atoms with Crippen LogP contribution in [0, 0.1) is 0 Å². The van der Waals surface area contributed by atoms with Crippen molar-refractivity contribution in [3.05, 3.63) is 30.0 Å². The average Bonchev–Trinajstić information content (AvgIpc) is 2.81. The number of imidazole rings is 1. The van der Waals surface area contributed by atoms with Crippen molar-refractivity contribution in [3.8, 4) is 0 Å². The third-order valence-corrected chi connectivity index (χ3v) is 3.12. The van der Waals surface area contributed by atoms with Gasteiger partial charge in [-0.3, -0.25) is 9.36 Å². The molecule has 0 aromatic carbocycles. The summed E-state index contributed by atoms with van der Waals surface area (Å²) in [5.41, 5.74) is -0.0452. The van der Waals surface area contributed by atoms with Crippen LogP contribution in [0.2, 0.25) is 0 Å². The lowest BCUT2D eigenvalue weighted by molar-refractivity contribution is -0.0483. The number of ether oxygens (including phenoxy) is 1. The van der Waals surface area contributed by atoms with Crippen molar-refractivity contribution in [2.45, 2.75) is 39.3 Å². The molecule has 1 rings (SSSR count). The molecular formula is C15H25N3O2. The van der Waals surface area contributed by atoms with Crippen molar-refractivity contribution < 1.29 is 9.53 Å². The summed E-state index contributed by atoms with van der Waals surface area (Å²) in [7, 11) is 5.39. The van der Waals surface area contributed by atoms with Crippen LogP contribution in [0.3, 0.4) is 0 Å². The summed E-state index contributed by atoms with van der Waals surface area (Å²) in [6, 6.07) is 0. The summed E-state index contributed by atoms with van der Waals surface area (Å²) in [6.07, 6.45) is 6.71. The monoisotopic (exact) mass is 279 g/mol. The summed E-state index contributed by atoms with van der Waals surface area (Å²) < 4.78 is 7.41. The summed E-state index contributed by atoms with van der Waals surface area (Å²) in [5.74, 6) is 0.805. The number of carbonyl (C=O) groups is 1. The van der Waals surface area contributed by atoms with Crippen LogP contribution in [-0.2, 0) is 16.9 Å². The maximum atomic E-state index is 12.3. The van der Waals surface area contributed by atoms with Crippen LogP contribution in [0.4, 0.5) is 0 Å². The van der Waals surface area contributed by atoms with E-state index in [0.717, 1.165) is 18.7 Å². The second-order valence-electron chi connectivity index (χ2n) is 5.44. The summed E-state index contributed by atoms with van der Waals surface area (Å²) in [5, 5.41) is 0. The number of methoxy groups -OCH3 is 1. The molecule has 1 aromatic rings. The first-order chi connectivity index (χ1) is 9.33. The fourth-order valence-corrected chi connectivity index (χ4v) is 1.96. The van der Waals surface area contributed by atoms with Crippen molar-refractivity contribution in [3.63, 3.8) is 0 Å². The normalized spacial score (nSPS) is 12.1. The molecule has 0 saturated heterocycles. The van der Waals surface area contributed by atoms with E-state index >= 15 is 0 Å². The average molecular weight is 279 g/mol. The number of hydrogen-bond acceptors (Lipinski definition) is 4. The fourth-order valence-electron chi connectivity index (χ4n) is 1.96. The Bertz CT molecular complexity index is 487. The van der Waals surface area contributed by atoms with E-state index in [4.69, 9.17) is 4.74 Å². The molecule has 0 saturated carbocycles. The Balaban J connectivity index is 3.23.